The maximum Gasteiger partial charge on any atom is 0.306 e. The molecule has 4 aliphatic carbocycles. The zero-order valence-electron chi connectivity index (χ0n) is 23.3. The molecule has 2 N–H and O–H groups in total. The van der Waals surface area contributed by atoms with Crippen molar-refractivity contribution in [3.63, 3.8) is 0 Å². The van der Waals surface area contributed by atoms with Crippen molar-refractivity contribution in [1.82, 2.24) is 0 Å². The molecule has 0 saturated heterocycles. The van der Waals surface area contributed by atoms with Crippen LogP contribution in [0.2, 0.25) is 0 Å². The molecular formula is C31H50O5. The van der Waals surface area contributed by atoms with E-state index >= 15 is 0 Å². The summed E-state index contributed by atoms with van der Waals surface area (Å²) >= 11 is 0. The van der Waals surface area contributed by atoms with E-state index in [4.69, 9.17) is 9.84 Å². The van der Waals surface area contributed by atoms with Crippen LogP contribution in [-0.2, 0) is 14.3 Å². The molecule has 4 rings (SSSR count). The number of carboxylic acids is 1. The van der Waals surface area contributed by atoms with Crippen molar-refractivity contribution in [3.05, 3.63) is 11.6 Å². The van der Waals surface area contributed by atoms with Gasteiger partial charge in [0.2, 0.25) is 0 Å². The second kappa shape index (κ2) is 10.8. The van der Waals surface area contributed by atoms with Gasteiger partial charge in [-0.2, -0.15) is 0 Å². The Morgan fingerprint density at radius 1 is 1.03 bits per heavy atom. The largest absolute Gasteiger partial charge is 0.481 e. The van der Waals surface area contributed by atoms with Crippen LogP contribution in [-0.4, -0.2) is 34.4 Å². The quantitative estimate of drug-likeness (QED) is 0.268. The van der Waals surface area contributed by atoms with Gasteiger partial charge in [-0.1, -0.05) is 65.5 Å². The second-order valence-electron chi connectivity index (χ2n) is 13.7. The average molecular weight is 503 g/mol. The molecule has 0 aliphatic heterocycles. The van der Waals surface area contributed by atoms with Crippen LogP contribution < -0.4 is 0 Å². The van der Waals surface area contributed by atoms with Crippen LogP contribution in [0.25, 0.3) is 0 Å². The predicted octanol–water partition coefficient (Wildman–Crippen LogP) is 6.78. The van der Waals surface area contributed by atoms with E-state index in [0.717, 1.165) is 30.6 Å². The van der Waals surface area contributed by atoms with Crippen molar-refractivity contribution < 1.29 is 24.5 Å². The van der Waals surface area contributed by atoms with Gasteiger partial charge in [-0.3, -0.25) is 9.59 Å². The number of aliphatic hydroxyl groups is 1. The van der Waals surface area contributed by atoms with Gasteiger partial charge in [0.1, 0.15) is 6.10 Å². The van der Waals surface area contributed by atoms with Crippen LogP contribution in [0.15, 0.2) is 11.6 Å². The van der Waals surface area contributed by atoms with E-state index in [1.165, 1.54) is 50.5 Å². The lowest BCUT2D eigenvalue weighted by atomic mass is 9.46. The van der Waals surface area contributed by atoms with Crippen LogP contribution in [0.3, 0.4) is 0 Å². The third-order valence-electron chi connectivity index (χ3n) is 11.1. The lowest BCUT2D eigenvalue weighted by molar-refractivity contribution is -0.154. The molecule has 36 heavy (non-hydrogen) atoms. The number of carbonyl (C=O) groups excluding carboxylic acids is 1. The molecule has 0 aromatic heterocycles. The van der Waals surface area contributed by atoms with Gasteiger partial charge in [-0.25, -0.2) is 0 Å². The van der Waals surface area contributed by atoms with Crippen molar-refractivity contribution in [1.29, 1.82) is 0 Å². The highest BCUT2D eigenvalue weighted by Gasteiger charge is 2.61. The summed E-state index contributed by atoms with van der Waals surface area (Å²) in [7, 11) is 0. The van der Waals surface area contributed by atoms with E-state index < -0.39 is 18.0 Å². The molecule has 5 nitrogen and oxygen atoms in total. The number of rotatable bonds is 9. The van der Waals surface area contributed by atoms with Gasteiger partial charge in [0.25, 0.3) is 0 Å². The van der Waals surface area contributed by atoms with Gasteiger partial charge in [0.15, 0.2) is 0 Å². The van der Waals surface area contributed by atoms with Crippen LogP contribution in [0.1, 0.15) is 112 Å². The van der Waals surface area contributed by atoms with E-state index in [9.17, 15) is 14.7 Å². The first-order chi connectivity index (χ1) is 17.0. The molecule has 0 radical (unpaired) electrons. The minimum absolute atomic E-state index is 0.0656. The number of carbonyl (C=O) groups is 2. The van der Waals surface area contributed by atoms with E-state index in [1.54, 1.807) is 0 Å². The Hall–Kier alpha value is -1.36. The number of hydrogen-bond donors (Lipinski definition) is 2. The summed E-state index contributed by atoms with van der Waals surface area (Å²) in [5.74, 6) is 2.31. The summed E-state index contributed by atoms with van der Waals surface area (Å²) in [6.45, 7) is 12.1. The molecule has 0 bridgehead atoms. The Morgan fingerprint density at radius 2 is 1.78 bits per heavy atom. The highest BCUT2D eigenvalue weighted by atomic mass is 16.5. The van der Waals surface area contributed by atoms with Crippen LogP contribution >= 0.6 is 0 Å². The number of aliphatic hydroxyl groups excluding tert-OH is 1. The minimum atomic E-state index is -0.976. The Balaban J connectivity index is 1.45. The molecule has 0 spiro atoms. The second-order valence-corrected chi connectivity index (χ2v) is 13.7. The van der Waals surface area contributed by atoms with Crippen LogP contribution in [0, 0.1) is 46.3 Å². The van der Waals surface area contributed by atoms with Crippen molar-refractivity contribution >= 4 is 11.9 Å². The molecule has 3 fully saturated rings. The van der Waals surface area contributed by atoms with Crippen LogP contribution in [0.4, 0.5) is 0 Å². The van der Waals surface area contributed by atoms with E-state index in [1.807, 2.05) is 0 Å². The molecule has 5 heteroatoms. The maximum atomic E-state index is 12.1. The summed E-state index contributed by atoms with van der Waals surface area (Å²) in [6, 6.07) is 0. The topological polar surface area (TPSA) is 83.8 Å². The van der Waals surface area contributed by atoms with E-state index in [2.05, 4.69) is 40.7 Å². The molecule has 3 saturated carbocycles. The highest BCUT2D eigenvalue weighted by molar-refractivity contribution is 5.76. The van der Waals surface area contributed by atoms with Gasteiger partial charge in [-0.15, -0.1) is 0 Å². The molecule has 2 unspecified atom stereocenters. The average Bonchev–Trinajstić information content (AvgIpc) is 3.15. The molecule has 4 aliphatic rings. The number of hydrogen-bond acceptors (Lipinski definition) is 4. The van der Waals surface area contributed by atoms with Crippen molar-refractivity contribution in [2.45, 2.75) is 124 Å². The first-order valence-corrected chi connectivity index (χ1v) is 14.8. The summed E-state index contributed by atoms with van der Waals surface area (Å²) < 4.78 is 5.65. The van der Waals surface area contributed by atoms with Crippen molar-refractivity contribution in [2.24, 2.45) is 46.3 Å². The Morgan fingerprint density at radius 3 is 2.47 bits per heavy atom. The molecule has 0 aromatic rings. The molecule has 0 heterocycles. The first kappa shape index (κ1) is 27.7. The number of esters is 1. The third-order valence-corrected chi connectivity index (χ3v) is 11.1. The Kier molecular flexibility index (Phi) is 8.29. The van der Waals surface area contributed by atoms with Crippen LogP contribution in [0.5, 0.6) is 0 Å². The first-order valence-electron chi connectivity index (χ1n) is 14.8. The predicted molar refractivity (Wildman–Crippen MR) is 141 cm³/mol. The zero-order valence-corrected chi connectivity index (χ0v) is 23.3. The SMILES string of the molecule is CC(C)CCC[C@@H](C)[C@H]1CC[C@H]2[C@@H]3C(O)C=C4CC(OC(=O)CCC(=O)O)CC[C@]4(C)[C@H]3CC[C@]12C. The monoisotopic (exact) mass is 502 g/mol. The number of aliphatic carboxylic acids is 1. The molecule has 0 aromatic carbocycles. The molecule has 9 atom stereocenters. The fourth-order valence-electron chi connectivity index (χ4n) is 9.19. The highest BCUT2D eigenvalue weighted by Crippen LogP contribution is 2.67. The van der Waals surface area contributed by atoms with Gasteiger partial charge >= 0.3 is 11.9 Å². The van der Waals surface area contributed by atoms with E-state index in [0.29, 0.717) is 29.6 Å². The standard InChI is InChI=1S/C31H50O5/c1-19(2)7-6-8-20(3)23-9-10-24-29-25(14-16-31(23,24)5)30(4)15-13-22(17-21(30)18-26(29)32)36-28(35)12-11-27(33)34/h18-20,22-26,29,32H,6-17H2,1-5H3,(H,33,34)/t20-,22?,23-,24+,25+,26?,29+,30+,31-/m1/s1. The molecule has 0 amide bonds. The van der Waals surface area contributed by atoms with Gasteiger partial charge in [0, 0.05) is 6.42 Å². The summed E-state index contributed by atoms with van der Waals surface area (Å²) in [4.78, 5) is 22.9. The fourth-order valence-corrected chi connectivity index (χ4v) is 9.19. The fraction of sp³-hybridized carbons (Fsp3) is 0.871. The smallest absolute Gasteiger partial charge is 0.306 e. The van der Waals surface area contributed by atoms with E-state index in [-0.39, 0.29) is 24.4 Å². The normalized spacial score (nSPS) is 40.6. The van der Waals surface area contributed by atoms with Gasteiger partial charge in [0.05, 0.1) is 18.9 Å². The molecule has 204 valence electrons. The van der Waals surface area contributed by atoms with Crippen molar-refractivity contribution in [2.75, 3.05) is 0 Å². The number of ether oxygens (including phenoxy) is 1. The maximum absolute atomic E-state index is 12.1. The Bertz CT molecular complexity index is 848. The summed E-state index contributed by atoms with van der Waals surface area (Å²) in [5, 5.41) is 20.3. The number of fused-ring (bicyclic) bond motifs is 5. The molecular weight excluding hydrogens is 452 g/mol. The van der Waals surface area contributed by atoms with Gasteiger partial charge in [-0.05, 0) is 84.9 Å². The third kappa shape index (κ3) is 5.28. The zero-order chi connectivity index (χ0) is 26.3. The Labute approximate surface area is 218 Å². The summed E-state index contributed by atoms with van der Waals surface area (Å²) in [6.07, 6.45) is 12.7. The summed E-state index contributed by atoms with van der Waals surface area (Å²) in [5.41, 5.74) is 1.66. The lowest BCUT2D eigenvalue weighted by Crippen LogP contribution is -2.55. The minimum Gasteiger partial charge on any atom is -0.481 e. The van der Waals surface area contributed by atoms with Crippen molar-refractivity contribution in [3.8, 4) is 0 Å². The number of carboxylic acid groups (broad SMARTS) is 1. The lowest BCUT2D eigenvalue weighted by Gasteiger charge is -2.59. The van der Waals surface area contributed by atoms with Gasteiger partial charge < -0.3 is 14.9 Å².